The van der Waals surface area contributed by atoms with Crippen LogP contribution in [-0.4, -0.2) is 8.42 Å². The Morgan fingerprint density at radius 1 is 0.852 bits per heavy atom. The minimum atomic E-state index is -3.91. The van der Waals surface area contributed by atoms with E-state index >= 15 is 0 Å². The minimum Gasteiger partial charge on any atom is -0.489 e. The van der Waals surface area contributed by atoms with Gasteiger partial charge in [0, 0.05) is 4.47 Å². The van der Waals surface area contributed by atoms with Gasteiger partial charge in [-0.25, -0.2) is 0 Å². The van der Waals surface area contributed by atoms with Crippen molar-refractivity contribution in [1.82, 2.24) is 0 Å². The molecule has 3 rings (SSSR count). The summed E-state index contributed by atoms with van der Waals surface area (Å²) in [5.41, 5.74) is 2.50. The molecule has 140 valence electrons. The summed E-state index contributed by atoms with van der Waals surface area (Å²) in [5.74, 6) is 0.876. The molecule has 3 aromatic carbocycles. The molecule has 6 heteroatoms. The monoisotopic (exact) mass is 446 g/mol. The number of aryl methyl sites for hydroxylation is 2. The zero-order valence-electron chi connectivity index (χ0n) is 15.0. The van der Waals surface area contributed by atoms with Gasteiger partial charge in [-0.3, -0.25) is 0 Å². The lowest BCUT2D eigenvalue weighted by molar-refractivity contribution is 0.306. The van der Waals surface area contributed by atoms with E-state index in [9.17, 15) is 8.42 Å². The molecule has 0 saturated heterocycles. The van der Waals surface area contributed by atoms with Gasteiger partial charge in [-0.2, -0.15) is 8.42 Å². The molecule has 0 atom stereocenters. The molecule has 0 bridgehead atoms. The Balaban J connectivity index is 1.71. The van der Waals surface area contributed by atoms with Gasteiger partial charge >= 0.3 is 10.1 Å². The van der Waals surface area contributed by atoms with Crippen molar-refractivity contribution in [1.29, 1.82) is 0 Å². The van der Waals surface area contributed by atoms with Gasteiger partial charge in [0.2, 0.25) is 0 Å². The van der Waals surface area contributed by atoms with E-state index in [4.69, 9.17) is 8.92 Å². The van der Waals surface area contributed by atoms with Crippen molar-refractivity contribution in [2.45, 2.75) is 25.3 Å². The van der Waals surface area contributed by atoms with Crippen molar-refractivity contribution >= 4 is 26.0 Å². The Labute approximate surface area is 168 Å². The standard InChI is InChI=1S/C21H19BrO4S/c1-15-13-21(16(2)12-20(15)22)27(23,24)26-19-10-8-18(9-11-19)25-14-17-6-4-3-5-7-17/h3-13H,14H2,1-2H3. The molecule has 0 fully saturated rings. The second kappa shape index (κ2) is 8.15. The Hall–Kier alpha value is -2.31. The van der Waals surface area contributed by atoms with E-state index in [1.54, 1.807) is 43.3 Å². The largest absolute Gasteiger partial charge is 0.489 e. The van der Waals surface area contributed by atoms with E-state index in [1.807, 2.05) is 37.3 Å². The summed E-state index contributed by atoms with van der Waals surface area (Å²) in [7, 11) is -3.91. The smallest absolute Gasteiger partial charge is 0.339 e. The summed E-state index contributed by atoms with van der Waals surface area (Å²) in [5, 5.41) is 0. The van der Waals surface area contributed by atoms with E-state index in [2.05, 4.69) is 15.9 Å². The second-order valence-corrected chi connectivity index (χ2v) is 8.52. The van der Waals surface area contributed by atoms with Crippen LogP contribution in [0.25, 0.3) is 0 Å². The summed E-state index contributed by atoms with van der Waals surface area (Å²) in [6.45, 7) is 4.01. The van der Waals surface area contributed by atoms with Crippen LogP contribution in [0.1, 0.15) is 16.7 Å². The molecule has 0 spiro atoms. The van der Waals surface area contributed by atoms with Crippen LogP contribution in [0.3, 0.4) is 0 Å². The molecule has 0 radical (unpaired) electrons. The van der Waals surface area contributed by atoms with Crippen LogP contribution in [0.2, 0.25) is 0 Å². The van der Waals surface area contributed by atoms with Crippen molar-refractivity contribution < 1.29 is 17.3 Å². The lowest BCUT2D eigenvalue weighted by Crippen LogP contribution is -2.11. The van der Waals surface area contributed by atoms with E-state index in [0.29, 0.717) is 17.9 Å². The molecular formula is C21H19BrO4S. The number of hydrogen-bond donors (Lipinski definition) is 0. The predicted molar refractivity (Wildman–Crippen MR) is 109 cm³/mol. The van der Waals surface area contributed by atoms with Gasteiger partial charge in [0.1, 0.15) is 23.0 Å². The number of ether oxygens (including phenoxy) is 1. The minimum absolute atomic E-state index is 0.160. The molecule has 0 aromatic heterocycles. The van der Waals surface area contributed by atoms with Crippen molar-refractivity contribution in [3.8, 4) is 11.5 Å². The highest BCUT2D eigenvalue weighted by atomic mass is 79.9. The third kappa shape index (κ3) is 4.90. The first-order valence-corrected chi connectivity index (χ1v) is 10.5. The molecule has 3 aromatic rings. The third-order valence-corrected chi connectivity index (χ3v) is 6.25. The van der Waals surface area contributed by atoms with Crippen molar-refractivity contribution in [3.05, 3.63) is 87.9 Å². The van der Waals surface area contributed by atoms with Crippen LogP contribution < -0.4 is 8.92 Å². The lowest BCUT2D eigenvalue weighted by atomic mass is 10.2. The molecular weight excluding hydrogens is 428 g/mol. The van der Waals surface area contributed by atoms with Crippen molar-refractivity contribution in [2.24, 2.45) is 0 Å². The highest BCUT2D eigenvalue weighted by molar-refractivity contribution is 9.10. The number of rotatable bonds is 6. The van der Waals surface area contributed by atoms with Crippen molar-refractivity contribution in [3.63, 3.8) is 0 Å². The normalized spacial score (nSPS) is 11.2. The fraction of sp³-hybridized carbons (Fsp3) is 0.143. The number of hydrogen-bond acceptors (Lipinski definition) is 4. The first-order chi connectivity index (χ1) is 12.8. The Bertz CT molecular complexity index is 1030. The van der Waals surface area contributed by atoms with Crippen LogP contribution >= 0.6 is 15.9 Å². The Morgan fingerprint density at radius 3 is 2.15 bits per heavy atom. The summed E-state index contributed by atoms with van der Waals surface area (Å²) < 4.78 is 37.1. The van der Waals surface area contributed by atoms with Gasteiger partial charge < -0.3 is 8.92 Å². The topological polar surface area (TPSA) is 52.6 Å². The maximum Gasteiger partial charge on any atom is 0.339 e. The highest BCUT2D eigenvalue weighted by Crippen LogP contribution is 2.27. The zero-order chi connectivity index (χ0) is 19.4. The number of halogens is 1. The molecule has 0 saturated carbocycles. The molecule has 0 aliphatic rings. The zero-order valence-corrected chi connectivity index (χ0v) is 17.4. The molecule has 4 nitrogen and oxygen atoms in total. The molecule has 0 aliphatic carbocycles. The van der Waals surface area contributed by atoms with Crippen molar-refractivity contribution in [2.75, 3.05) is 0 Å². The fourth-order valence-electron chi connectivity index (χ4n) is 2.53. The van der Waals surface area contributed by atoms with E-state index < -0.39 is 10.1 Å². The van der Waals surface area contributed by atoms with Gasteiger partial charge in [0.25, 0.3) is 0 Å². The average Bonchev–Trinajstić information content (AvgIpc) is 2.64. The quantitative estimate of drug-likeness (QED) is 0.474. The van der Waals surface area contributed by atoms with Gasteiger partial charge in [0.15, 0.2) is 0 Å². The SMILES string of the molecule is Cc1cc(S(=O)(=O)Oc2ccc(OCc3ccccc3)cc2)c(C)cc1Br. The summed E-state index contributed by atoms with van der Waals surface area (Å²) in [4.78, 5) is 0.160. The maximum atomic E-state index is 12.6. The van der Waals surface area contributed by atoms with Gasteiger partial charge in [-0.05, 0) is 66.9 Å². The molecule has 0 heterocycles. The van der Waals surface area contributed by atoms with Gasteiger partial charge in [-0.15, -0.1) is 0 Å². The first-order valence-electron chi connectivity index (χ1n) is 8.33. The van der Waals surface area contributed by atoms with Crippen LogP contribution in [-0.2, 0) is 16.7 Å². The summed E-state index contributed by atoms with van der Waals surface area (Å²) in [6.07, 6.45) is 0. The second-order valence-electron chi connectivity index (χ2n) is 6.15. The third-order valence-electron chi connectivity index (χ3n) is 4.00. The lowest BCUT2D eigenvalue weighted by Gasteiger charge is -2.12. The van der Waals surface area contributed by atoms with Crippen LogP contribution in [0, 0.1) is 13.8 Å². The summed E-state index contributed by atoms with van der Waals surface area (Å²) in [6, 6.07) is 19.7. The molecule has 0 amide bonds. The molecule has 0 unspecified atom stereocenters. The maximum absolute atomic E-state index is 12.6. The fourth-order valence-corrected chi connectivity index (χ4v) is 4.21. The van der Waals surface area contributed by atoms with E-state index in [-0.39, 0.29) is 10.6 Å². The number of benzene rings is 3. The molecule has 27 heavy (non-hydrogen) atoms. The van der Waals surface area contributed by atoms with Crippen LogP contribution in [0.4, 0.5) is 0 Å². The predicted octanol–water partition coefficient (Wildman–Crippen LogP) is 5.41. The van der Waals surface area contributed by atoms with Crippen LogP contribution in [0.5, 0.6) is 11.5 Å². The first kappa shape index (κ1) is 19.5. The van der Waals surface area contributed by atoms with Gasteiger partial charge in [0.05, 0.1) is 0 Å². The highest BCUT2D eigenvalue weighted by Gasteiger charge is 2.20. The average molecular weight is 447 g/mol. The summed E-state index contributed by atoms with van der Waals surface area (Å²) >= 11 is 3.40. The van der Waals surface area contributed by atoms with Gasteiger partial charge in [-0.1, -0.05) is 46.3 Å². The Kier molecular flexibility index (Phi) is 5.87. The van der Waals surface area contributed by atoms with E-state index in [0.717, 1.165) is 15.6 Å². The Morgan fingerprint density at radius 2 is 1.48 bits per heavy atom. The molecule has 0 aliphatic heterocycles. The molecule has 0 N–H and O–H groups in total. The van der Waals surface area contributed by atoms with E-state index in [1.165, 1.54) is 0 Å². The van der Waals surface area contributed by atoms with Crippen LogP contribution in [0.15, 0.2) is 76.1 Å².